The van der Waals surface area contributed by atoms with Crippen LogP contribution in [0.15, 0.2) is 61.1 Å². The van der Waals surface area contributed by atoms with E-state index < -0.39 is 0 Å². The Kier molecular flexibility index (Phi) is 6.50. The number of methoxy groups -OCH3 is 1. The summed E-state index contributed by atoms with van der Waals surface area (Å²) in [4.78, 5) is 21.6. The third-order valence-electron chi connectivity index (χ3n) is 5.39. The van der Waals surface area contributed by atoms with Gasteiger partial charge in [-0.3, -0.25) is 14.8 Å². The van der Waals surface area contributed by atoms with Crippen LogP contribution in [0.3, 0.4) is 0 Å². The van der Waals surface area contributed by atoms with Crippen molar-refractivity contribution in [2.24, 2.45) is 0 Å². The molecule has 0 aliphatic rings. The fourth-order valence-corrected chi connectivity index (χ4v) is 3.40. The number of carbonyl (C=O) groups is 1. The first-order valence-electron chi connectivity index (χ1n) is 10.6. The lowest BCUT2D eigenvalue weighted by atomic mass is 10.0. The zero-order valence-electron chi connectivity index (χ0n) is 18.9. The maximum absolute atomic E-state index is 13.2. The van der Waals surface area contributed by atoms with Gasteiger partial charge in [-0.1, -0.05) is 29.8 Å². The Morgan fingerprint density at radius 1 is 1.06 bits per heavy atom. The average Bonchev–Trinajstić information content (AvgIpc) is 3.34. The number of nitrogens with zero attached hydrogens (tertiary/aromatic N) is 6. The molecule has 0 saturated heterocycles. The van der Waals surface area contributed by atoms with Crippen LogP contribution in [0.5, 0.6) is 0 Å². The fraction of sp³-hybridized carbons (Fsp3) is 0.250. The predicted octanol–water partition coefficient (Wildman–Crippen LogP) is 3.63. The number of ether oxygens (including phenoxy) is 1. The molecule has 0 bridgehead atoms. The van der Waals surface area contributed by atoms with Crippen molar-refractivity contribution in [1.82, 2.24) is 35.5 Å². The van der Waals surface area contributed by atoms with Gasteiger partial charge in [-0.25, -0.2) is 0 Å². The Labute approximate surface area is 191 Å². The van der Waals surface area contributed by atoms with Gasteiger partial charge in [0.1, 0.15) is 6.10 Å². The molecule has 0 saturated carbocycles. The quantitative estimate of drug-likeness (QED) is 0.465. The Morgan fingerprint density at radius 3 is 2.55 bits per heavy atom. The van der Waals surface area contributed by atoms with Gasteiger partial charge in [0, 0.05) is 25.1 Å². The second-order valence-corrected chi connectivity index (χ2v) is 7.79. The Morgan fingerprint density at radius 2 is 1.85 bits per heavy atom. The zero-order valence-corrected chi connectivity index (χ0v) is 18.9. The van der Waals surface area contributed by atoms with E-state index in [4.69, 9.17) is 4.74 Å². The SMILES string of the molecule is CO[C@@H](C)c1nnnn1-c1cc(C(=O)NC(C)c2cnccn2)cc(-c2ccc(C)cc2)c1. The van der Waals surface area contributed by atoms with E-state index in [9.17, 15) is 4.79 Å². The summed E-state index contributed by atoms with van der Waals surface area (Å²) < 4.78 is 7.00. The van der Waals surface area contributed by atoms with Gasteiger partial charge in [-0.05, 0) is 60.5 Å². The van der Waals surface area contributed by atoms with Crippen molar-refractivity contribution in [1.29, 1.82) is 0 Å². The van der Waals surface area contributed by atoms with E-state index in [-0.39, 0.29) is 18.1 Å². The van der Waals surface area contributed by atoms with Crippen molar-refractivity contribution in [3.63, 3.8) is 0 Å². The number of hydrogen-bond donors (Lipinski definition) is 1. The van der Waals surface area contributed by atoms with E-state index in [1.807, 2.05) is 57.2 Å². The third kappa shape index (κ3) is 4.93. The molecule has 4 aromatic rings. The molecule has 0 radical (unpaired) electrons. The van der Waals surface area contributed by atoms with E-state index in [0.29, 0.717) is 22.8 Å². The number of hydrogen-bond acceptors (Lipinski definition) is 7. The molecular weight excluding hydrogens is 418 g/mol. The minimum absolute atomic E-state index is 0.238. The van der Waals surface area contributed by atoms with Gasteiger partial charge >= 0.3 is 0 Å². The summed E-state index contributed by atoms with van der Waals surface area (Å²) in [5.74, 6) is 0.302. The smallest absolute Gasteiger partial charge is 0.251 e. The first-order chi connectivity index (χ1) is 16.0. The minimum Gasteiger partial charge on any atom is -0.374 e. The van der Waals surface area contributed by atoms with Crippen molar-refractivity contribution < 1.29 is 9.53 Å². The van der Waals surface area contributed by atoms with Gasteiger partial charge in [0.15, 0.2) is 5.82 Å². The first-order valence-corrected chi connectivity index (χ1v) is 10.6. The molecule has 33 heavy (non-hydrogen) atoms. The summed E-state index contributed by atoms with van der Waals surface area (Å²) >= 11 is 0. The molecule has 2 heterocycles. The highest BCUT2D eigenvalue weighted by Crippen LogP contribution is 2.26. The van der Waals surface area contributed by atoms with Gasteiger partial charge < -0.3 is 10.1 Å². The zero-order chi connectivity index (χ0) is 23.4. The van der Waals surface area contributed by atoms with E-state index in [2.05, 4.69) is 30.8 Å². The van der Waals surface area contributed by atoms with Gasteiger partial charge in [-0.15, -0.1) is 5.10 Å². The predicted molar refractivity (Wildman–Crippen MR) is 123 cm³/mol. The highest BCUT2D eigenvalue weighted by Gasteiger charge is 2.19. The molecule has 2 atom stereocenters. The molecule has 4 rings (SSSR count). The number of carbonyl (C=O) groups excluding carboxylic acids is 1. The lowest BCUT2D eigenvalue weighted by molar-refractivity contribution is 0.0939. The Balaban J connectivity index is 1.75. The van der Waals surface area contributed by atoms with Crippen molar-refractivity contribution in [2.75, 3.05) is 7.11 Å². The standard InChI is InChI=1S/C24H25N7O2/c1-15-5-7-18(8-6-15)19-11-20(24(32)27-16(2)22-14-25-9-10-26-22)13-21(12-19)31-23(17(3)33-4)28-29-30-31/h5-14,16-17H,1-4H3,(H,27,32)/t16?,17-/m0/s1. The van der Waals surface area contributed by atoms with Crippen LogP contribution in [0, 0.1) is 6.92 Å². The molecule has 9 heteroatoms. The highest BCUT2D eigenvalue weighted by molar-refractivity contribution is 5.96. The molecule has 0 fully saturated rings. The maximum Gasteiger partial charge on any atom is 0.251 e. The normalized spacial score (nSPS) is 12.8. The van der Waals surface area contributed by atoms with Crippen molar-refractivity contribution in [2.45, 2.75) is 32.9 Å². The summed E-state index contributed by atoms with van der Waals surface area (Å²) in [6, 6.07) is 13.4. The molecule has 1 N–H and O–H groups in total. The summed E-state index contributed by atoms with van der Waals surface area (Å²) in [5.41, 5.74) is 4.82. The van der Waals surface area contributed by atoms with Crippen LogP contribution in [-0.2, 0) is 4.74 Å². The summed E-state index contributed by atoms with van der Waals surface area (Å²) in [6.07, 6.45) is 4.51. The monoisotopic (exact) mass is 443 g/mol. The first kappa shape index (κ1) is 22.2. The van der Waals surface area contributed by atoms with E-state index in [0.717, 1.165) is 16.7 Å². The number of benzene rings is 2. The molecular formula is C24H25N7O2. The van der Waals surface area contributed by atoms with Gasteiger partial charge in [0.2, 0.25) is 0 Å². The van der Waals surface area contributed by atoms with Crippen molar-refractivity contribution >= 4 is 5.91 Å². The molecule has 1 unspecified atom stereocenters. The van der Waals surface area contributed by atoms with Crippen molar-refractivity contribution in [3.05, 3.63) is 83.7 Å². The van der Waals surface area contributed by atoms with Crippen LogP contribution in [-0.4, -0.2) is 43.2 Å². The third-order valence-corrected chi connectivity index (χ3v) is 5.39. The van der Waals surface area contributed by atoms with Crippen LogP contribution in [0.4, 0.5) is 0 Å². The van der Waals surface area contributed by atoms with Crippen LogP contribution in [0.1, 0.15) is 53.4 Å². The number of aromatic nitrogens is 6. The second-order valence-electron chi connectivity index (χ2n) is 7.79. The summed E-state index contributed by atoms with van der Waals surface area (Å²) in [7, 11) is 1.60. The van der Waals surface area contributed by atoms with Crippen LogP contribution < -0.4 is 5.32 Å². The van der Waals surface area contributed by atoms with E-state index in [1.54, 1.807) is 36.4 Å². The highest BCUT2D eigenvalue weighted by atomic mass is 16.5. The maximum atomic E-state index is 13.2. The molecule has 9 nitrogen and oxygen atoms in total. The number of tetrazole rings is 1. The molecule has 2 aromatic carbocycles. The Bertz CT molecular complexity index is 1240. The molecule has 0 aliphatic carbocycles. The van der Waals surface area contributed by atoms with Gasteiger partial charge in [0.25, 0.3) is 5.91 Å². The lowest BCUT2D eigenvalue weighted by Gasteiger charge is -2.16. The second kappa shape index (κ2) is 9.66. The van der Waals surface area contributed by atoms with Crippen molar-refractivity contribution in [3.8, 4) is 16.8 Å². The number of rotatable bonds is 7. The molecule has 168 valence electrons. The topological polar surface area (TPSA) is 108 Å². The number of aryl methyl sites for hydroxylation is 1. The number of amides is 1. The van der Waals surface area contributed by atoms with Crippen LogP contribution in [0.2, 0.25) is 0 Å². The summed E-state index contributed by atoms with van der Waals surface area (Å²) in [6.45, 7) is 5.76. The molecule has 2 aromatic heterocycles. The lowest BCUT2D eigenvalue weighted by Crippen LogP contribution is -2.27. The molecule has 0 spiro atoms. The van der Waals surface area contributed by atoms with Gasteiger partial charge in [-0.2, -0.15) is 4.68 Å². The fourth-order valence-electron chi connectivity index (χ4n) is 3.40. The van der Waals surface area contributed by atoms with E-state index >= 15 is 0 Å². The largest absolute Gasteiger partial charge is 0.374 e. The average molecular weight is 444 g/mol. The van der Waals surface area contributed by atoms with Crippen LogP contribution >= 0.6 is 0 Å². The van der Waals surface area contributed by atoms with E-state index in [1.165, 1.54) is 0 Å². The minimum atomic E-state index is -0.322. The number of nitrogens with one attached hydrogen (secondary N) is 1. The molecule has 1 amide bonds. The van der Waals surface area contributed by atoms with Gasteiger partial charge in [0.05, 0.1) is 23.6 Å². The van der Waals surface area contributed by atoms with Crippen LogP contribution in [0.25, 0.3) is 16.8 Å². The Hall–Kier alpha value is -3.98. The molecule has 0 aliphatic heterocycles. The summed E-state index contributed by atoms with van der Waals surface area (Å²) in [5, 5.41) is 15.0.